The van der Waals surface area contributed by atoms with Gasteiger partial charge in [0.1, 0.15) is 6.33 Å². The molecule has 0 unspecified atom stereocenters. The normalized spacial score (nSPS) is 18.9. The van der Waals surface area contributed by atoms with Crippen LogP contribution in [0.15, 0.2) is 17.8 Å². The van der Waals surface area contributed by atoms with E-state index < -0.39 is 0 Å². The lowest BCUT2D eigenvalue weighted by atomic mass is 9.98. The lowest BCUT2D eigenvalue weighted by Gasteiger charge is -2.36. The number of hydrogen-bond donors (Lipinski definition) is 1. The summed E-state index contributed by atoms with van der Waals surface area (Å²) in [5.41, 5.74) is 1.31. The second-order valence-corrected chi connectivity index (χ2v) is 6.64. The highest BCUT2D eigenvalue weighted by molar-refractivity contribution is 7.10. The fourth-order valence-electron chi connectivity index (χ4n) is 3.10. The number of aryl methyl sites for hydroxylation is 1. The van der Waals surface area contributed by atoms with Crippen molar-refractivity contribution in [3.63, 3.8) is 0 Å². The summed E-state index contributed by atoms with van der Waals surface area (Å²) in [6.45, 7) is 4.83. The van der Waals surface area contributed by atoms with Gasteiger partial charge in [0.25, 0.3) is 0 Å². The molecule has 0 saturated heterocycles. The van der Waals surface area contributed by atoms with Crippen molar-refractivity contribution in [1.82, 2.24) is 25.0 Å². The Morgan fingerprint density at radius 2 is 2.41 bits per heavy atom. The van der Waals surface area contributed by atoms with Gasteiger partial charge in [0.15, 0.2) is 5.82 Å². The van der Waals surface area contributed by atoms with Crippen molar-refractivity contribution in [2.45, 2.75) is 38.8 Å². The van der Waals surface area contributed by atoms with Crippen LogP contribution in [0.3, 0.4) is 0 Å². The number of carbonyl (C=O) groups is 1. The second-order valence-electron chi connectivity index (χ2n) is 5.64. The number of carbonyl (C=O) groups excluding carboxylic acids is 1. The van der Waals surface area contributed by atoms with E-state index in [2.05, 4.69) is 33.9 Å². The Kier molecular flexibility index (Phi) is 4.15. The van der Waals surface area contributed by atoms with Gasteiger partial charge in [0.05, 0.1) is 12.1 Å². The highest BCUT2D eigenvalue weighted by atomic mass is 32.1. The van der Waals surface area contributed by atoms with Crippen molar-refractivity contribution in [1.29, 1.82) is 0 Å². The van der Waals surface area contributed by atoms with Crippen molar-refractivity contribution >= 4 is 17.4 Å². The Balaban J connectivity index is 1.74. The van der Waals surface area contributed by atoms with Gasteiger partial charge in [-0.15, -0.1) is 21.5 Å². The largest absolute Gasteiger partial charge is 0.328 e. The zero-order valence-corrected chi connectivity index (χ0v) is 13.9. The van der Waals surface area contributed by atoms with E-state index in [1.165, 1.54) is 10.4 Å². The molecule has 3 heterocycles. The van der Waals surface area contributed by atoms with Crippen LogP contribution in [0, 0.1) is 0 Å². The number of aromatic nitrogens is 3. The predicted octanol–water partition coefficient (Wildman–Crippen LogP) is 2.66. The molecule has 1 aliphatic heterocycles. The Labute approximate surface area is 134 Å². The number of thiophene rings is 1. The Morgan fingerprint density at radius 1 is 1.59 bits per heavy atom. The van der Waals surface area contributed by atoms with Crippen LogP contribution in [0.2, 0.25) is 0 Å². The van der Waals surface area contributed by atoms with Gasteiger partial charge in [0, 0.05) is 18.5 Å². The number of urea groups is 1. The van der Waals surface area contributed by atoms with Crippen LogP contribution in [-0.2, 0) is 13.5 Å². The van der Waals surface area contributed by atoms with E-state index in [-0.39, 0.29) is 18.1 Å². The summed E-state index contributed by atoms with van der Waals surface area (Å²) in [5.74, 6) is 0.759. The molecule has 1 N–H and O–H groups in total. The summed E-state index contributed by atoms with van der Waals surface area (Å²) in [6.07, 6.45) is 3.51. The maximum atomic E-state index is 12.7. The molecule has 0 radical (unpaired) electrons. The Bertz CT molecular complexity index is 664. The molecular weight excluding hydrogens is 298 g/mol. The average molecular weight is 319 g/mol. The molecule has 6 nitrogen and oxygen atoms in total. The van der Waals surface area contributed by atoms with Crippen LogP contribution in [0.1, 0.15) is 48.6 Å². The van der Waals surface area contributed by atoms with E-state index in [4.69, 9.17) is 0 Å². The summed E-state index contributed by atoms with van der Waals surface area (Å²) in [4.78, 5) is 16.0. The van der Waals surface area contributed by atoms with Crippen LogP contribution >= 0.6 is 11.3 Å². The van der Waals surface area contributed by atoms with Crippen molar-refractivity contribution in [3.05, 3.63) is 34.0 Å². The highest BCUT2D eigenvalue weighted by Gasteiger charge is 2.31. The van der Waals surface area contributed by atoms with Crippen molar-refractivity contribution < 1.29 is 4.79 Å². The van der Waals surface area contributed by atoms with Crippen molar-refractivity contribution in [2.75, 3.05) is 6.54 Å². The van der Waals surface area contributed by atoms with Gasteiger partial charge < -0.3 is 14.8 Å². The Morgan fingerprint density at radius 3 is 3.09 bits per heavy atom. The molecule has 7 heteroatoms. The minimum absolute atomic E-state index is 0.0285. The third-order valence-electron chi connectivity index (χ3n) is 4.22. The molecule has 0 aliphatic carbocycles. The maximum absolute atomic E-state index is 12.7. The van der Waals surface area contributed by atoms with Gasteiger partial charge in [0.2, 0.25) is 0 Å². The second kappa shape index (κ2) is 6.08. The van der Waals surface area contributed by atoms with Gasteiger partial charge in [-0.05, 0) is 36.8 Å². The van der Waals surface area contributed by atoms with Crippen LogP contribution < -0.4 is 5.32 Å². The quantitative estimate of drug-likeness (QED) is 0.946. The third kappa shape index (κ3) is 2.61. The molecule has 2 atom stereocenters. The number of rotatable bonds is 3. The summed E-state index contributed by atoms with van der Waals surface area (Å²) >= 11 is 1.79. The molecule has 0 aromatic carbocycles. The topological polar surface area (TPSA) is 63.1 Å². The van der Waals surface area contributed by atoms with Gasteiger partial charge in [-0.2, -0.15) is 0 Å². The number of fused-ring (bicyclic) bond motifs is 1. The fraction of sp³-hybridized carbons (Fsp3) is 0.533. The molecule has 0 fully saturated rings. The zero-order valence-electron chi connectivity index (χ0n) is 13.1. The molecule has 22 heavy (non-hydrogen) atoms. The monoisotopic (exact) mass is 319 g/mol. The van der Waals surface area contributed by atoms with E-state index in [0.717, 1.165) is 25.2 Å². The van der Waals surface area contributed by atoms with Gasteiger partial charge >= 0.3 is 6.03 Å². The molecule has 0 spiro atoms. The first-order valence-electron chi connectivity index (χ1n) is 7.59. The van der Waals surface area contributed by atoms with Gasteiger partial charge in [-0.1, -0.05) is 6.92 Å². The summed E-state index contributed by atoms with van der Waals surface area (Å²) in [7, 11) is 1.88. The zero-order chi connectivity index (χ0) is 15.7. The van der Waals surface area contributed by atoms with Crippen LogP contribution in [0.25, 0.3) is 0 Å². The van der Waals surface area contributed by atoms with E-state index in [9.17, 15) is 4.79 Å². The Hall–Kier alpha value is -1.89. The lowest BCUT2D eigenvalue weighted by Crippen LogP contribution is -2.46. The lowest BCUT2D eigenvalue weighted by molar-refractivity contribution is 0.164. The van der Waals surface area contributed by atoms with E-state index in [1.807, 2.05) is 23.4 Å². The van der Waals surface area contributed by atoms with Crippen LogP contribution in [0.4, 0.5) is 4.79 Å². The van der Waals surface area contributed by atoms with Crippen LogP contribution in [0.5, 0.6) is 0 Å². The average Bonchev–Trinajstić information content (AvgIpc) is 3.14. The van der Waals surface area contributed by atoms with Crippen LogP contribution in [-0.4, -0.2) is 32.2 Å². The van der Waals surface area contributed by atoms with E-state index >= 15 is 0 Å². The predicted molar refractivity (Wildman–Crippen MR) is 85.7 cm³/mol. The number of nitrogens with one attached hydrogen (secondary N) is 1. The summed E-state index contributed by atoms with van der Waals surface area (Å²) in [6, 6.07) is 2.13. The van der Waals surface area contributed by atoms with Crippen molar-refractivity contribution in [2.24, 2.45) is 7.05 Å². The highest BCUT2D eigenvalue weighted by Crippen LogP contribution is 2.35. The molecule has 3 rings (SSSR count). The molecule has 2 amide bonds. The number of amides is 2. The smallest absolute Gasteiger partial charge is 0.318 e. The van der Waals surface area contributed by atoms with E-state index in [0.29, 0.717) is 0 Å². The molecule has 0 bridgehead atoms. The molecule has 2 aromatic heterocycles. The third-order valence-corrected chi connectivity index (χ3v) is 5.21. The molecule has 0 saturated carbocycles. The first-order valence-corrected chi connectivity index (χ1v) is 8.47. The maximum Gasteiger partial charge on any atom is 0.318 e. The summed E-state index contributed by atoms with van der Waals surface area (Å²) < 4.78 is 1.83. The molecular formula is C15H21N5OS. The first kappa shape index (κ1) is 15.0. The fourth-order valence-corrected chi connectivity index (χ4v) is 4.02. The summed E-state index contributed by atoms with van der Waals surface area (Å²) in [5, 5.41) is 13.1. The SMILES string of the molecule is CC[C@@H]1c2ccsc2CCN1C(=O)N[C@@H](C)c1nncn1C. The molecule has 1 aliphatic rings. The van der Waals surface area contributed by atoms with E-state index in [1.54, 1.807) is 17.7 Å². The van der Waals surface area contributed by atoms with Crippen molar-refractivity contribution in [3.8, 4) is 0 Å². The minimum atomic E-state index is -0.165. The number of hydrogen-bond acceptors (Lipinski definition) is 4. The number of nitrogens with zero attached hydrogens (tertiary/aromatic N) is 4. The van der Waals surface area contributed by atoms with Gasteiger partial charge in [-0.3, -0.25) is 0 Å². The molecule has 2 aromatic rings. The van der Waals surface area contributed by atoms with Gasteiger partial charge in [-0.25, -0.2) is 4.79 Å². The minimum Gasteiger partial charge on any atom is -0.328 e. The standard InChI is InChI=1S/C15H21N5OS/c1-4-12-11-6-8-22-13(11)5-7-20(12)15(21)17-10(2)14-18-16-9-19(14)3/h6,8-10,12H,4-5,7H2,1-3H3,(H,17,21)/t10-,12+/m0/s1. The molecule has 118 valence electrons. The first-order chi connectivity index (χ1) is 10.6.